The van der Waals surface area contributed by atoms with Crippen LogP contribution in [-0.2, 0) is 15.7 Å². The molecule has 0 radical (unpaired) electrons. The molecule has 0 amide bonds. The standard InChI is InChI=1S/C23H17F3N2O2/c24-23(25,26)16-8-6-14(7-9-16)20-17(12-27)22(28)30-19-11-15(10-18(29)21(19)20)13-4-2-1-3-5-13/h1-9,15,20H,10-11,28H2/t15-,20-/m0/s1. The van der Waals surface area contributed by atoms with Crippen LogP contribution < -0.4 is 5.73 Å². The van der Waals surface area contributed by atoms with E-state index in [1.807, 2.05) is 36.4 Å². The third kappa shape index (κ3) is 3.45. The van der Waals surface area contributed by atoms with Crippen LogP contribution in [0.1, 0.15) is 41.4 Å². The molecule has 2 aromatic rings. The zero-order valence-electron chi connectivity index (χ0n) is 15.7. The van der Waals surface area contributed by atoms with Crippen molar-refractivity contribution < 1.29 is 22.7 Å². The second kappa shape index (κ2) is 7.38. The summed E-state index contributed by atoms with van der Waals surface area (Å²) in [4.78, 5) is 13.1. The Balaban J connectivity index is 1.76. The second-order valence-corrected chi connectivity index (χ2v) is 7.32. The Kier molecular flexibility index (Phi) is 4.86. The van der Waals surface area contributed by atoms with Gasteiger partial charge in [0.2, 0.25) is 5.88 Å². The Bertz CT molecular complexity index is 1090. The lowest BCUT2D eigenvalue weighted by atomic mass is 9.73. The Labute approximate surface area is 171 Å². The molecule has 2 N–H and O–H groups in total. The maximum atomic E-state index is 13.1. The fraction of sp³-hybridized carbons (Fsp3) is 0.217. The summed E-state index contributed by atoms with van der Waals surface area (Å²) in [7, 11) is 0. The number of carbonyl (C=O) groups is 1. The topological polar surface area (TPSA) is 76.1 Å². The van der Waals surface area contributed by atoms with Gasteiger partial charge in [-0.3, -0.25) is 4.79 Å². The van der Waals surface area contributed by atoms with Gasteiger partial charge in [-0.2, -0.15) is 18.4 Å². The zero-order chi connectivity index (χ0) is 21.5. The minimum atomic E-state index is -4.48. The molecule has 0 saturated heterocycles. The van der Waals surface area contributed by atoms with Crippen molar-refractivity contribution >= 4 is 5.78 Å². The van der Waals surface area contributed by atoms with E-state index in [0.717, 1.165) is 17.7 Å². The van der Waals surface area contributed by atoms with Crippen LogP contribution in [0, 0.1) is 11.3 Å². The van der Waals surface area contributed by atoms with E-state index in [-0.39, 0.29) is 29.6 Å². The Hall–Kier alpha value is -3.53. The van der Waals surface area contributed by atoms with Crippen LogP contribution in [0.2, 0.25) is 0 Å². The van der Waals surface area contributed by atoms with Gasteiger partial charge in [0.25, 0.3) is 0 Å². The molecule has 0 spiro atoms. The molecule has 2 atom stereocenters. The number of hydrogen-bond acceptors (Lipinski definition) is 4. The van der Waals surface area contributed by atoms with Gasteiger partial charge in [-0.25, -0.2) is 0 Å². The third-order valence-corrected chi connectivity index (χ3v) is 5.50. The number of hydrogen-bond donors (Lipinski definition) is 1. The number of nitriles is 1. The molecule has 0 unspecified atom stereocenters. The number of benzene rings is 2. The largest absolute Gasteiger partial charge is 0.444 e. The Morgan fingerprint density at radius 1 is 1.00 bits per heavy atom. The van der Waals surface area contributed by atoms with Gasteiger partial charge in [0, 0.05) is 18.4 Å². The normalized spacial score (nSPS) is 21.7. The summed E-state index contributed by atoms with van der Waals surface area (Å²) in [6, 6.07) is 15.9. The molecule has 0 bridgehead atoms. The smallest absolute Gasteiger partial charge is 0.416 e. The van der Waals surface area contributed by atoms with Crippen molar-refractivity contribution in [2.45, 2.75) is 30.9 Å². The van der Waals surface area contributed by atoms with E-state index >= 15 is 0 Å². The van der Waals surface area contributed by atoms with Crippen molar-refractivity contribution in [2.75, 3.05) is 0 Å². The average molecular weight is 410 g/mol. The first-order chi connectivity index (χ1) is 14.3. The zero-order valence-corrected chi connectivity index (χ0v) is 15.7. The average Bonchev–Trinajstić information content (AvgIpc) is 2.72. The van der Waals surface area contributed by atoms with Crippen molar-refractivity contribution in [3.8, 4) is 6.07 Å². The van der Waals surface area contributed by atoms with E-state index in [9.17, 15) is 23.2 Å². The number of carbonyl (C=O) groups excluding carboxylic acids is 1. The predicted octanol–water partition coefficient (Wildman–Crippen LogP) is 4.91. The molecule has 2 aliphatic rings. The molecule has 30 heavy (non-hydrogen) atoms. The lowest BCUT2D eigenvalue weighted by Crippen LogP contribution is -2.29. The van der Waals surface area contributed by atoms with Crippen molar-refractivity contribution in [1.29, 1.82) is 5.26 Å². The van der Waals surface area contributed by atoms with Gasteiger partial charge in [-0.05, 0) is 29.2 Å². The highest BCUT2D eigenvalue weighted by atomic mass is 19.4. The SMILES string of the molecule is N#CC1=C(N)OC2=C(C(=O)C[C@H](c3ccccc3)C2)[C@H]1c1ccc(C(F)(F)F)cc1. The molecule has 4 rings (SSSR count). The first-order valence-electron chi connectivity index (χ1n) is 9.35. The molecule has 0 aromatic heterocycles. The first-order valence-corrected chi connectivity index (χ1v) is 9.35. The van der Waals surface area contributed by atoms with Gasteiger partial charge >= 0.3 is 6.18 Å². The van der Waals surface area contributed by atoms with Crippen LogP contribution in [0.5, 0.6) is 0 Å². The first kappa shape index (κ1) is 19.8. The van der Waals surface area contributed by atoms with Crippen LogP contribution in [0.4, 0.5) is 13.2 Å². The molecule has 1 heterocycles. The summed E-state index contributed by atoms with van der Waals surface area (Å²) in [5.41, 5.74) is 6.87. The molecule has 1 aliphatic heterocycles. The molecule has 0 fully saturated rings. The molecule has 152 valence electrons. The Morgan fingerprint density at radius 2 is 1.67 bits per heavy atom. The van der Waals surface area contributed by atoms with E-state index in [1.165, 1.54) is 12.1 Å². The van der Waals surface area contributed by atoms with E-state index in [1.54, 1.807) is 0 Å². The summed E-state index contributed by atoms with van der Waals surface area (Å²) in [6.45, 7) is 0. The minimum absolute atomic E-state index is 0.0278. The number of nitrogens with zero attached hydrogens (tertiary/aromatic N) is 1. The summed E-state index contributed by atoms with van der Waals surface area (Å²) >= 11 is 0. The number of ether oxygens (including phenoxy) is 1. The quantitative estimate of drug-likeness (QED) is 0.763. The van der Waals surface area contributed by atoms with Crippen molar-refractivity contribution in [3.05, 3.63) is 94.1 Å². The van der Waals surface area contributed by atoms with E-state index < -0.39 is 17.7 Å². The predicted molar refractivity (Wildman–Crippen MR) is 103 cm³/mol. The van der Waals surface area contributed by atoms with Gasteiger partial charge in [0.15, 0.2) is 5.78 Å². The maximum absolute atomic E-state index is 13.1. The molecule has 7 heteroatoms. The van der Waals surface area contributed by atoms with Crippen LogP contribution >= 0.6 is 0 Å². The monoisotopic (exact) mass is 410 g/mol. The highest BCUT2D eigenvalue weighted by Gasteiger charge is 2.41. The number of nitrogens with two attached hydrogens (primary N) is 1. The Morgan fingerprint density at radius 3 is 2.27 bits per heavy atom. The molecular formula is C23H17F3N2O2. The number of ketones is 1. The van der Waals surface area contributed by atoms with E-state index in [0.29, 0.717) is 23.3 Å². The summed E-state index contributed by atoms with van der Waals surface area (Å²) in [5, 5.41) is 9.60. The second-order valence-electron chi connectivity index (χ2n) is 7.32. The third-order valence-electron chi connectivity index (χ3n) is 5.50. The lowest BCUT2D eigenvalue weighted by molar-refractivity contribution is -0.137. The minimum Gasteiger partial charge on any atom is -0.444 e. The summed E-state index contributed by atoms with van der Waals surface area (Å²) in [6.07, 6.45) is -3.83. The molecule has 0 saturated carbocycles. The lowest BCUT2D eigenvalue weighted by Gasteiger charge is -2.34. The maximum Gasteiger partial charge on any atom is 0.416 e. The number of alkyl halides is 3. The van der Waals surface area contributed by atoms with Crippen molar-refractivity contribution in [2.24, 2.45) is 5.73 Å². The number of Topliss-reactive ketones (excluding diaryl/α,β-unsaturated/α-hetero) is 1. The summed E-state index contributed by atoms with van der Waals surface area (Å²) < 4.78 is 44.5. The van der Waals surface area contributed by atoms with Crippen LogP contribution in [0.25, 0.3) is 0 Å². The molecular weight excluding hydrogens is 393 g/mol. The number of halogens is 3. The van der Waals surface area contributed by atoms with Crippen LogP contribution in [-0.4, -0.2) is 5.78 Å². The van der Waals surface area contributed by atoms with Gasteiger partial charge in [-0.15, -0.1) is 0 Å². The molecule has 2 aromatic carbocycles. The van der Waals surface area contributed by atoms with Gasteiger partial charge in [-0.1, -0.05) is 42.5 Å². The summed E-state index contributed by atoms with van der Waals surface area (Å²) in [5.74, 6) is -0.883. The highest BCUT2D eigenvalue weighted by molar-refractivity contribution is 6.00. The van der Waals surface area contributed by atoms with Gasteiger partial charge < -0.3 is 10.5 Å². The van der Waals surface area contributed by atoms with Crippen molar-refractivity contribution in [1.82, 2.24) is 0 Å². The number of allylic oxidation sites excluding steroid dienone is 3. The number of rotatable bonds is 2. The highest BCUT2D eigenvalue weighted by Crippen LogP contribution is 2.47. The van der Waals surface area contributed by atoms with Gasteiger partial charge in [0.05, 0.1) is 11.5 Å². The fourth-order valence-electron chi connectivity index (χ4n) is 4.07. The van der Waals surface area contributed by atoms with Crippen molar-refractivity contribution in [3.63, 3.8) is 0 Å². The van der Waals surface area contributed by atoms with E-state index in [4.69, 9.17) is 10.5 Å². The molecule has 4 nitrogen and oxygen atoms in total. The van der Waals surface area contributed by atoms with E-state index in [2.05, 4.69) is 0 Å². The van der Waals surface area contributed by atoms with Gasteiger partial charge in [0.1, 0.15) is 17.4 Å². The molecule has 1 aliphatic carbocycles. The van der Waals surface area contributed by atoms with Crippen LogP contribution in [0.3, 0.4) is 0 Å². The van der Waals surface area contributed by atoms with Crippen LogP contribution in [0.15, 0.2) is 77.4 Å². The fourth-order valence-corrected chi connectivity index (χ4v) is 4.07.